The molecule has 150 valence electrons. The summed E-state index contributed by atoms with van der Waals surface area (Å²) in [5.74, 6) is -0.724. The van der Waals surface area contributed by atoms with Gasteiger partial charge >= 0.3 is 0 Å². The third-order valence-corrected chi connectivity index (χ3v) is 6.17. The highest BCUT2D eigenvalue weighted by molar-refractivity contribution is 5.29. The average Bonchev–Trinajstić information content (AvgIpc) is 3.13. The van der Waals surface area contributed by atoms with E-state index in [4.69, 9.17) is 0 Å². The molecule has 4 rings (SSSR count). The number of nitrogens with zero attached hydrogens (tertiary/aromatic N) is 1. The van der Waals surface area contributed by atoms with Crippen LogP contribution in [0.4, 0.5) is 8.78 Å². The van der Waals surface area contributed by atoms with Crippen LogP contribution < -0.4 is 0 Å². The minimum Gasteiger partial charge on any atom is -0.505 e. The van der Waals surface area contributed by atoms with Gasteiger partial charge < -0.3 is 15.3 Å². The quantitative estimate of drug-likeness (QED) is 0.736. The highest BCUT2D eigenvalue weighted by Crippen LogP contribution is 2.45. The molecule has 0 amide bonds. The largest absolute Gasteiger partial charge is 0.505 e. The van der Waals surface area contributed by atoms with Crippen LogP contribution in [0.2, 0.25) is 0 Å². The Kier molecular flexibility index (Phi) is 5.12. The fraction of sp³-hybridized carbons (Fsp3) is 0.455. The van der Waals surface area contributed by atoms with Gasteiger partial charge in [-0.05, 0) is 60.1 Å². The van der Waals surface area contributed by atoms with Crippen molar-refractivity contribution in [3.05, 3.63) is 65.2 Å². The van der Waals surface area contributed by atoms with Crippen molar-refractivity contribution in [2.75, 3.05) is 19.6 Å². The molecule has 1 saturated carbocycles. The van der Waals surface area contributed by atoms with E-state index in [0.29, 0.717) is 43.2 Å². The smallest absolute Gasteiger partial charge is 0.165 e. The monoisotopic (exact) mass is 389 g/mol. The van der Waals surface area contributed by atoms with Crippen molar-refractivity contribution in [3.8, 4) is 5.75 Å². The lowest BCUT2D eigenvalue weighted by Crippen LogP contribution is -2.33. The number of fused-ring (bicyclic) bond motifs is 1. The maximum atomic E-state index is 13.5. The minimum atomic E-state index is -0.827. The molecule has 4 nitrogen and oxygen atoms in total. The van der Waals surface area contributed by atoms with Crippen LogP contribution in [0, 0.1) is 23.5 Å². The molecule has 1 heterocycles. The number of β-amino-alcohol motifs (C(OH)–C–C–N with tert-alkyl or cyclic N) is 1. The number of phenolic OH excluding ortho intramolecular Hbond substituents is 1. The Labute approximate surface area is 163 Å². The van der Waals surface area contributed by atoms with Crippen LogP contribution in [-0.4, -0.2) is 45.5 Å². The van der Waals surface area contributed by atoms with Gasteiger partial charge in [0.15, 0.2) is 11.6 Å². The van der Waals surface area contributed by atoms with E-state index in [-0.39, 0.29) is 5.82 Å². The van der Waals surface area contributed by atoms with Crippen molar-refractivity contribution in [3.63, 3.8) is 0 Å². The summed E-state index contributed by atoms with van der Waals surface area (Å²) < 4.78 is 26.6. The Morgan fingerprint density at radius 2 is 1.68 bits per heavy atom. The predicted molar refractivity (Wildman–Crippen MR) is 101 cm³/mol. The summed E-state index contributed by atoms with van der Waals surface area (Å²) in [5.41, 5.74) is 0.614. The lowest BCUT2D eigenvalue weighted by atomic mass is 9.91. The molecule has 1 saturated heterocycles. The van der Waals surface area contributed by atoms with Gasteiger partial charge in [0.2, 0.25) is 0 Å². The molecule has 3 unspecified atom stereocenters. The first kappa shape index (κ1) is 19.3. The number of hydrogen-bond acceptors (Lipinski definition) is 4. The Bertz CT molecular complexity index is 828. The van der Waals surface area contributed by atoms with Gasteiger partial charge in [0.25, 0.3) is 0 Å². The summed E-state index contributed by atoms with van der Waals surface area (Å²) in [6.07, 6.45) is 1.08. The van der Waals surface area contributed by atoms with Crippen molar-refractivity contribution in [2.24, 2.45) is 11.8 Å². The Hall–Kier alpha value is -2.02. The van der Waals surface area contributed by atoms with Gasteiger partial charge in [0.1, 0.15) is 5.82 Å². The molecule has 2 fully saturated rings. The number of rotatable bonds is 5. The lowest BCUT2D eigenvalue weighted by Gasteiger charge is -2.27. The molecule has 2 aromatic carbocycles. The van der Waals surface area contributed by atoms with Crippen LogP contribution in [0.5, 0.6) is 5.75 Å². The van der Waals surface area contributed by atoms with Gasteiger partial charge in [0.05, 0.1) is 11.7 Å². The van der Waals surface area contributed by atoms with E-state index < -0.39 is 23.3 Å². The van der Waals surface area contributed by atoms with Gasteiger partial charge in [-0.2, -0.15) is 0 Å². The zero-order valence-electron chi connectivity index (χ0n) is 15.6. The van der Waals surface area contributed by atoms with E-state index in [1.807, 2.05) is 0 Å². The number of aliphatic hydroxyl groups is 2. The molecule has 0 radical (unpaired) electrons. The van der Waals surface area contributed by atoms with Gasteiger partial charge in [-0.25, -0.2) is 8.78 Å². The van der Waals surface area contributed by atoms with E-state index in [1.54, 1.807) is 12.1 Å². The number of phenols is 1. The molecule has 3 atom stereocenters. The first-order chi connectivity index (χ1) is 13.3. The summed E-state index contributed by atoms with van der Waals surface area (Å²) in [6.45, 7) is 1.97. The maximum absolute atomic E-state index is 13.5. The van der Waals surface area contributed by atoms with Gasteiger partial charge in [-0.15, -0.1) is 0 Å². The molecule has 6 heteroatoms. The summed E-state index contributed by atoms with van der Waals surface area (Å²) in [7, 11) is 0. The molecule has 0 bridgehead atoms. The van der Waals surface area contributed by atoms with Crippen molar-refractivity contribution < 1.29 is 24.1 Å². The number of aliphatic hydroxyl groups excluding tert-OH is 1. The zero-order chi connectivity index (χ0) is 19.9. The van der Waals surface area contributed by atoms with E-state index >= 15 is 0 Å². The Morgan fingerprint density at radius 1 is 1.04 bits per heavy atom. The fourth-order valence-corrected chi connectivity index (χ4v) is 4.91. The van der Waals surface area contributed by atoms with Crippen LogP contribution >= 0.6 is 0 Å². The van der Waals surface area contributed by atoms with Crippen LogP contribution in [-0.2, 0) is 6.42 Å². The molecule has 0 spiro atoms. The molecular weight excluding hydrogens is 364 g/mol. The van der Waals surface area contributed by atoms with Crippen LogP contribution in [0.3, 0.4) is 0 Å². The molecule has 2 aliphatic rings. The summed E-state index contributed by atoms with van der Waals surface area (Å²) in [5, 5.41) is 30.7. The van der Waals surface area contributed by atoms with Crippen molar-refractivity contribution in [1.82, 2.24) is 4.90 Å². The molecule has 3 N–H and O–H groups in total. The second-order valence-corrected chi connectivity index (χ2v) is 8.40. The normalized spacial score (nSPS) is 28.4. The van der Waals surface area contributed by atoms with Gasteiger partial charge in [-0.3, -0.25) is 4.90 Å². The summed E-state index contributed by atoms with van der Waals surface area (Å²) in [6, 6.07) is 10.2. The summed E-state index contributed by atoms with van der Waals surface area (Å²) in [4.78, 5) is 2.15. The van der Waals surface area contributed by atoms with E-state index in [1.165, 1.54) is 30.3 Å². The fourth-order valence-electron chi connectivity index (χ4n) is 4.91. The van der Waals surface area contributed by atoms with Crippen LogP contribution in [0.1, 0.15) is 30.1 Å². The molecule has 1 aliphatic heterocycles. The number of hydrogen-bond donors (Lipinski definition) is 3. The third kappa shape index (κ3) is 4.04. The van der Waals surface area contributed by atoms with E-state index in [0.717, 1.165) is 18.7 Å². The third-order valence-electron chi connectivity index (χ3n) is 6.17. The van der Waals surface area contributed by atoms with Gasteiger partial charge in [0, 0.05) is 26.1 Å². The van der Waals surface area contributed by atoms with Crippen molar-refractivity contribution >= 4 is 0 Å². The highest BCUT2D eigenvalue weighted by Gasteiger charge is 2.48. The first-order valence-electron chi connectivity index (χ1n) is 9.67. The summed E-state index contributed by atoms with van der Waals surface area (Å²) >= 11 is 0. The Morgan fingerprint density at radius 3 is 2.29 bits per heavy atom. The second kappa shape index (κ2) is 7.43. The van der Waals surface area contributed by atoms with E-state index in [2.05, 4.69) is 4.90 Å². The average molecular weight is 389 g/mol. The van der Waals surface area contributed by atoms with Crippen LogP contribution in [0.15, 0.2) is 42.5 Å². The minimum absolute atomic E-state index is 0.276. The van der Waals surface area contributed by atoms with Gasteiger partial charge in [-0.1, -0.05) is 18.2 Å². The molecular formula is C22H25F2NO3. The second-order valence-electron chi connectivity index (χ2n) is 8.40. The molecule has 28 heavy (non-hydrogen) atoms. The number of halogens is 2. The molecule has 1 aliphatic carbocycles. The molecule has 2 aromatic rings. The number of benzene rings is 2. The number of aromatic hydroxyl groups is 1. The topological polar surface area (TPSA) is 63.9 Å². The predicted octanol–water partition coefficient (Wildman–Crippen LogP) is 3.02. The molecule has 0 aromatic heterocycles. The SMILES string of the molecule is Oc1ccc(C(O)CN2CC3CC(O)(Cc4ccc(F)cc4)CC3C2)cc1F. The van der Waals surface area contributed by atoms with Crippen LogP contribution in [0.25, 0.3) is 0 Å². The maximum Gasteiger partial charge on any atom is 0.165 e. The van der Waals surface area contributed by atoms with E-state index in [9.17, 15) is 24.1 Å². The zero-order valence-corrected chi connectivity index (χ0v) is 15.6. The number of likely N-dealkylation sites (tertiary alicyclic amines) is 1. The van der Waals surface area contributed by atoms with Crippen molar-refractivity contribution in [2.45, 2.75) is 31.0 Å². The first-order valence-corrected chi connectivity index (χ1v) is 9.67. The van der Waals surface area contributed by atoms with Crippen molar-refractivity contribution in [1.29, 1.82) is 0 Å². The standard InChI is InChI=1S/C22H25F2NO3/c23-18-4-1-14(2-5-18)8-22(28)9-16-11-25(12-17(16)10-22)13-21(27)15-3-6-20(26)19(24)7-15/h1-7,16-17,21,26-28H,8-13H2. The Balaban J connectivity index is 1.33. The highest BCUT2D eigenvalue weighted by atomic mass is 19.1. The lowest BCUT2D eigenvalue weighted by molar-refractivity contribution is 0.0328.